The van der Waals surface area contributed by atoms with Crippen molar-refractivity contribution in [2.75, 3.05) is 6.61 Å². The fourth-order valence-electron chi connectivity index (χ4n) is 3.13. The number of fused-ring (bicyclic) bond motifs is 1. The second-order valence-corrected chi connectivity index (χ2v) is 8.37. The normalized spacial score (nSPS) is 12.1. The summed E-state index contributed by atoms with van der Waals surface area (Å²) in [7, 11) is 0. The van der Waals surface area contributed by atoms with Crippen LogP contribution in [-0.4, -0.2) is 27.8 Å². The summed E-state index contributed by atoms with van der Waals surface area (Å²) in [5.41, 5.74) is 2.55. The summed E-state index contributed by atoms with van der Waals surface area (Å²) in [6.45, 7) is 7.11. The second kappa shape index (κ2) is 11.7. The van der Waals surface area contributed by atoms with Gasteiger partial charge in [-0.2, -0.15) is 0 Å². The molecule has 0 amide bonds. The first-order valence-corrected chi connectivity index (χ1v) is 11.4. The Bertz CT molecular complexity index is 1260. The molecule has 34 heavy (non-hydrogen) atoms. The molecular weight excluding hydrogens is 479 g/mol. The summed E-state index contributed by atoms with van der Waals surface area (Å²) in [4.78, 5) is 15.6. The summed E-state index contributed by atoms with van der Waals surface area (Å²) in [6, 6.07) is 6.77. The number of carbonyl (C=O) groups is 1. The Kier molecular flexibility index (Phi) is 8.73. The summed E-state index contributed by atoms with van der Waals surface area (Å²) in [5.74, 6) is 0.0341. The van der Waals surface area contributed by atoms with E-state index in [-0.39, 0.29) is 10.8 Å². The van der Waals surface area contributed by atoms with Crippen LogP contribution in [0.5, 0.6) is 11.6 Å². The first kappa shape index (κ1) is 25.3. The number of aliphatic carboxylic acids is 1. The van der Waals surface area contributed by atoms with Gasteiger partial charge < -0.3 is 19.1 Å². The minimum atomic E-state index is -1.10. The van der Waals surface area contributed by atoms with Crippen molar-refractivity contribution in [3.05, 3.63) is 70.6 Å². The number of ether oxygens (including phenoxy) is 2. The fourth-order valence-corrected chi connectivity index (χ4v) is 3.41. The van der Waals surface area contributed by atoms with Gasteiger partial charge in [0.1, 0.15) is 17.2 Å². The Morgan fingerprint density at radius 1 is 1.29 bits per heavy atom. The molecule has 0 saturated carbocycles. The molecule has 9 heteroatoms. The third-order valence-electron chi connectivity index (χ3n) is 4.75. The van der Waals surface area contributed by atoms with Crippen LogP contribution < -0.4 is 9.47 Å². The molecule has 0 fully saturated rings. The fraction of sp³-hybridized carbons (Fsp3) is 0.240. The van der Waals surface area contributed by atoms with E-state index < -0.39 is 12.6 Å². The number of benzene rings is 1. The maximum absolute atomic E-state index is 10.9. The molecule has 0 aliphatic heterocycles. The van der Waals surface area contributed by atoms with Crippen molar-refractivity contribution in [1.82, 2.24) is 10.1 Å². The van der Waals surface area contributed by atoms with Crippen molar-refractivity contribution in [2.24, 2.45) is 0 Å². The van der Waals surface area contributed by atoms with Gasteiger partial charge in [0.05, 0.1) is 16.1 Å². The quantitative estimate of drug-likeness (QED) is 0.224. The van der Waals surface area contributed by atoms with Crippen molar-refractivity contribution < 1.29 is 23.9 Å². The maximum atomic E-state index is 10.9. The Hall–Kier alpha value is -3.29. The number of pyridine rings is 1. The lowest BCUT2D eigenvalue weighted by Gasteiger charge is -2.11. The van der Waals surface area contributed by atoms with Crippen LogP contribution in [0.2, 0.25) is 5.02 Å². The Morgan fingerprint density at radius 2 is 2.09 bits per heavy atom. The third-order valence-corrected chi connectivity index (χ3v) is 5.17. The second-order valence-electron chi connectivity index (χ2n) is 7.37. The smallest absolute Gasteiger partial charge is 0.341 e. The molecule has 0 radical (unpaired) electrons. The van der Waals surface area contributed by atoms with Crippen LogP contribution in [-0.2, 0) is 11.2 Å². The number of aryl methyl sites for hydroxylation is 1. The number of hydrogen-bond donors (Lipinski definition) is 1. The Morgan fingerprint density at radius 3 is 2.76 bits per heavy atom. The highest BCUT2D eigenvalue weighted by atomic mass is 35.5. The lowest BCUT2D eigenvalue weighted by atomic mass is 10.0. The summed E-state index contributed by atoms with van der Waals surface area (Å²) in [5, 5.41) is 14.6. The topological polar surface area (TPSA) is 94.7 Å². The molecule has 0 atom stereocenters. The van der Waals surface area contributed by atoms with E-state index in [1.165, 1.54) is 0 Å². The molecular formula is C25H24Cl2N2O5. The number of aromatic nitrogens is 2. The maximum Gasteiger partial charge on any atom is 0.341 e. The summed E-state index contributed by atoms with van der Waals surface area (Å²) < 4.78 is 16.7. The van der Waals surface area contributed by atoms with Crippen molar-refractivity contribution >= 4 is 40.1 Å². The number of hydrogen-bond acceptors (Lipinski definition) is 6. The lowest BCUT2D eigenvalue weighted by Crippen LogP contribution is -2.09. The number of nitrogens with zero attached hydrogens (tertiary/aromatic N) is 2. The van der Waals surface area contributed by atoms with Gasteiger partial charge >= 0.3 is 5.97 Å². The zero-order valence-corrected chi connectivity index (χ0v) is 20.3. The molecule has 0 saturated heterocycles. The van der Waals surface area contributed by atoms with Crippen molar-refractivity contribution in [3.63, 3.8) is 0 Å². The van der Waals surface area contributed by atoms with Gasteiger partial charge in [-0.05, 0) is 50.1 Å². The van der Waals surface area contributed by atoms with Crippen LogP contribution in [0.25, 0.3) is 22.2 Å². The molecule has 7 nitrogen and oxygen atoms in total. The van der Waals surface area contributed by atoms with E-state index >= 15 is 0 Å². The van der Waals surface area contributed by atoms with Crippen molar-refractivity contribution in [2.45, 2.75) is 33.1 Å². The Balaban J connectivity index is 2.03. The number of carboxylic acid groups (broad SMARTS) is 1. The van der Waals surface area contributed by atoms with Crippen LogP contribution in [0.3, 0.4) is 0 Å². The molecule has 178 valence electrons. The van der Waals surface area contributed by atoms with Crippen LogP contribution in [0.4, 0.5) is 0 Å². The van der Waals surface area contributed by atoms with E-state index in [0.717, 1.165) is 24.1 Å². The van der Waals surface area contributed by atoms with Gasteiger partial charge in [0.25, 0.3) is 0 Å². The van der Waals surface area contributed by atoms with E-state index in [4.69, 9.17) is 47.3 Å². The van der Waals surface area contributed by atoms with Crippen LogP contribution >= 0.6 is 23.2 Å². The van der Waals surface area contributed by atoms with E-state index in [0.29, 0.717) is 39.8 Å². The number of carboxylic acids is 1. The third kappa shape index (κ3) is 6.40. The standard InChI is InChI=1S/C25H24Cl2N2O5/c1-4-6-7-20-17(10-11-23(28-20)33-16(5-2)9-8-15(3)26)25-18-12-22(32-14-24(30)31)19(27)13-21(18)34-29-25/h5,8-13H,2,4,6-7,14H2,1,3H3,(H,30,31)/b15-8+,16-9+. The van der Waals surface area contributed by atoms with E-state index in [9.17, 15) is 4.79 Å². The van der Waals surface area contributed by atoms with Crippen LogP contribution in [0, 0.1) is 0 Å². The minimum Gasteiger partial charge on any atom is -0.480 e. The van der Waals surface area contributed by atoms with E-state index in [1.54, 1.807) is 43.4 Å². The van der Waals surface area contributed by atoms with Crippen LogP contribution in [0.1, 0.15) is 32.4 Å². The lowest BCUT2D eigenvalue weighted by molar-refractivity contribution is -0.139. The highest BCUT2D eigenvalue weighted by Gasteiger charge is 2.19. The predicted molar refractivity (Wildman–Crippen MR) is 133 cm³/mol. The zero-order chi connectivity index (χ0) is 24.7. The molecule has 0 spiro atoms. The van der Waals surface area contributed by atoms with E-state index in [2.05, 4.69) is 18.7 Å². The van der Waals surface area contributed by atoms with Gasteiger partial charge in [0.15, 0.2) is 12.2 Å². The number of halogens is 2. The molecule has 1 N–H and O–H groups in total. The van der Waals surface area contributed by atoms with Gasteiger partial charge in [-0.1, -0.05) is 48.3 Å². The monoisotopic (exact) mass is 502 g/mol. The molecule has 0 aliphatic carbocycles. The minimum absolute atomic E-state index is 0.229. The zero-order valence-electron chi connectivity index (χ0n) is 18.8. The molecule has 3 aromatic rings. The van der Waals surface area contributed by atoms with Crippen LogP contribution in [0.15, 0.2) is 64.4 Å². The highest BCUT2D eigenvalue weighted by molar-refractivity contribution is 6.33. The molecule has 0 bridgehead atoms. The Labute approximate surface area is 207 Å². The molecule has 3 rings (SSSR count). The average Bonchev–Trinajstić information content (AvgIpc) is 3.20. The highest BCUT2D eigenvalue weighted by Crippen LogP contribution is 2.37. The average molecular weight is 503 g/mol. The van der Waals surface area contributed by atoms with Gasteiger partial charge in [-0.25, -0.2) is 9.78 Å². The molecule has 0 aliphatic rings. The van der Waals surface area contributed by atoms with Gasteiger partial charge in [-0.3, -0.25) is 0 Å². The molecule has 2 heterocycles. The first-order chi connectivity index (χ1) is 16.3. The van der Waals surface area contributed by atoms with Crippen molar-refractivity contribution in [3.8, 4) is 22.9 Å². The number of unbranched alkanes of at least 4 members (excludes halogenated alkanes) is 1. The first-order valence-electron chi connectivity index (χ1n) is 10.6. The molecule has 2 aromatic heterocycles. The largest absolute Gasteiger partial charge is 0.480 e. The SMILES string of the molecule is C=C/C(=C\C=C(/C)Cl)Oc1ccc(-c2noc3cc(Cl)c(OCC(=O)O)cc23)c(CCCC)n1. The molecule has 1 aromatic carbocycles. The number of rotatable bonds is 11. The number of allylic oxidation sites excluding steroid dienone is 4. The summed E-state index contributed by atoms with van der Waals surface area (Å²) >= 11 is 12.1. The summed E-state index contributed by atoms with van der Waals surface area (Å²) in [6.07, 6.45) is 7.58. The molecule has 0 unspecified atom stereocenters. The van der Waals surface area contributed by atoms with Gasteiger partial charge in [0, 0.05) is 22.7 Å². The van der Waals surface area contributed by atoms with E-state index in [1.807, 2.05) is 6.07 Å². The predicted octanol–water partition coefficient (Wildman–Crippen LogP) is 6.94. The van der Waals surface area contributed by atoms with Gasteiger partial charge in [0.2, 0.25) is 5.88 Å². The van der Waals surface area contributed by atoms with Crippen molar-refractivity contribution in [1.29, 1.82) is 0 Å². The van der Waals surface area contributed by atoms with Gasteiger partial charge in [-0.15, -0.1) is 0 Å².